The molecule has 2 heterocycles. The van der Waals surface area contributed by atoms with E-state index in [1.807, 2.05) is 55.1 Å². The molecular weight excluding hydrogens is 374 g/mol. The van der Waals surface area contributed by atoms with Crippen molar-refractivity contribution in [2.45, 2.75) is 52.3 Å². The molecule has 0 spiro atoms. The predicted molar refractivity (Wildman–Crippen MR) is 120 cm³/mol. The summed E-state index contributed by atoms with van der Waals surface area (Å²) < 4.78 is 10.1. The number of benzene rings is 2. The minimum atomic E-state index is 0.0600. The zero-order chi connectivity index (χ0) is 21.1. The van der Waals surface area contributed by atoms with Crippen molar-refractivity contribution in [3.8, 4) is 11.4 Å². The first-order valence-electron chi connectivity index (χ1n) is 10.9. The van der Waals surface area contributed by atoms with Crippen LogP contribution in [0.25, 0.3) is 5.69 Å². The average Bonchev–Trinajstić information content (AvgIpc) is 2.89. The normalized spacial score (nSPS) is 16.7. The molecule has 1 aromatic heterocycles. The van der Waals surface area contributed by atoms with E-state index in [2.05, 4.69) is 30.0 Å². The van der Waals surface area contributed by atoms with Gasteiger partial charge in [-0.2, -0.15) is 0 Å². The van der Waals surface area contributed by atoms with E-state index in [9.17, 15) is 4.79 Å². The Kier molecular flexibility index (Phi) is 6.09. The quantitative estimate of drug-likeness (QED) is 0.609. The summed E-state index contributed by atoms with van der Waals surface area (Å²) in [6.07, 6.45) is 3.48. The Morgan fingerprint density at radius 1 is 1.07 bits per heavy atom. The van der Waals surface area contributed by atoms with Gasteiger partial charge in [0.25, 0.3) is 5.56 Å². The van der Waals surface area contributed by atoms with Crippen LogP contribution in [-0.4, -0.2) is 26.9 Å². The van der Waals surface area contributed by atoms with Crippen molar-refractivity contribution in [2.24, 2.45) is 7.05 Å². The molecule has 0 unspecified atom stereocenters. The monoisotopic (exact) mass is 405 g/mol. The summed E-state index contributed by atoms with van der Waals surface area (Å²) in [5, 5.41) is 0. The van der Waals surface area contributed by atoms with Crippen molar-refractivity contribution < 1.29 is 4.74 Å². The van der Waals surface area contributed by atoms with Crippen molar-refractivity contribution in [1.29, 1.82) is 0 Å². The van der Waals surface area contributed by atoms with Gasteiger partial charge in [0.05, 0.1) is 11.3 Å². The van der Waals surface area contributed by atoms with E-state index in [1.165, 1.54) is 5.56 Å². The molecule has 0 N–H and O–H groups in total. The highest BCUT2D eigenvalue weighted by molar-refractivity contribution is 5.35. The summed E-state index contributed by atoms with van der Waals surface area (Å²) in [6.45, 7) is 6.49. The summed E-state index contributed by atoms with van der Waals surface area (Å²) in [5.74, 6) is 0.979. The highest BCUT2D eigenvalue weighted by Crippen LogP contribution is 2.27. The molecule has 0 saturated carbocycles. The van der Waals surface area contributed by atoms with Crippen LogP contribution < -0.4 is 10.3 Å². The molecular formula is C25H31N3O2. The maximum absolute atomic E-state index is 13.4. The van der Waals surface area contributed by atoms with Gasteiger partial charge in [0.15, 0.2) is 0 Å². The van der Waals surface area contributed by atoms with Crippen molar-refractivity contribution in [1.82, 2.24) is 14.3 Å². The molecule has 3 aromatic rings. The van der Waals surface area contributed by atoms with Gasteiger partial charge in [-0.3, -0.25) is 14.4 Å². The average molecular weight is 406 g/mol. The largest absolute Gasteiger partial charge is 0.489 e. The van der Waals surface area contributed by atoms with E-state index in [0.29, 0.717) is 6.54 Å². The van der Waals surface area contributed by atoms with E-state index < -0.39 is 0 Å². The van der Waals surface area contributed by atoms with Crippen LogP contribution >= 0.6 is 0 Å². The maximum Gasteiger partial charge on any atom is 0.276 e. The minimum Gasteiger partial charge on any atom is -0.489 e. The lowest BCUT2D eigenvalue weighted by atomic mass is 10.1. The maximum atomic E-state index is 13.4. The van der Waals surface area contributed by atoms with Crippen LogP contribution in [0.5, 0.6) is 5.75 Å². The minimum absolute atomic E-state index is 0.0600. The molecule has 4 rings (SSSR count). The zero-order valence-corrected chi connectivity index (χ0v) is 18.2. The van der Waals surface area contributed by atoms with E-state index in [4.69, 9.17) is 4.74 Å². The molecule has 5 nitrogen and oxygen atoms in total. The van der Waals surface area contributed by atoms with Crippen LogP contribution in [0.4, 0.5) is 0 Å². The first kappa shape index (κ1) is 20.5. The van der Waals surface area contributed by atoms with Gasteiger partial charge in [0.2, 0.25) is 0 Å². The number of para-hydroxylation sites is 2. The second-order valence-corrected chi connectivity index (χ2v) is 8.20. The third-order valence-electron chi connectivity index (χ3n) is 6.06. The Hall–Kier alpha value is -2.79. The third-order valence-corrected chi connectivity index (χ3v) is 6.06. The van der Waals surface area contributed by atoms with Gasteiger partial charge in [0.1, 0.15) is 11.9 Å². The highest BCUT2D eigenvalue weighted by atomic mass is 16.5. The number of fused-ring (bicyclic) bond motifs is 1. The van der Waals surface area contributed by atoms with Crippen LogP contribution in [0.2, 0.25) is 0 Å². The Bertz CT molecular complexity index is 1050. The summed E-state index contributed by atoms with van der Waals surface area (Å²) in [5.41, 5.74) is 4.00. The lowest BCUT2D eigenvalue weighted by Gasteiger charge is -2.23. The van der Waals surface area contributed by atoms with Gasteiger partial charge >= 0.3 is 0 Å². The summed E-state index contributed by atoms with van der Waals surface area (Å²) in [6, 6.07) is 18.1. The number of hydrogen-bond donors (Lipinski definition) is 0. The van der Waals surface area contributed by atoms with Crippen LogP contribution in [0.15, 0.2) is 59.4 Å². The van der Waals surface area contributed by atoms with Gasteiger partial charge in [0, 0.05) is 37.9 Å². The van der Waals surface area contributed by atoms with E-state index in [-0.39, 0.29) is 11.7 Å². The van der Waals surface area contributed by atoms with E-state index in [1.54, 1.807) is 4.68 Å². The molecule has 0 aliphatic carbocycles. The Morgan fingerprint density at radius 2 is 1.80 bits per heavy atom. The van der Waals surface area contributed by atoms with Crippen LogP contribution in [0, 0.1) is 6.92 Å². The van der Waals surface area contributed by atoms with Crippen molar-refractivity contribution in [3.63, 3.8) is 0 Å². The van der Waals surface area contributed by atoms with E-state index >= 15 is 0 Å². The lowest BCUT2D eigenvalue weighted by molar-refractivity contribution is 0.133. The Labute approximate surface area is 178 Å². The summed E-state index contributed by atoms with van der Waals surface area (Å²) >= 11 is 0. The second-order valence-electron chi connectivity index (χ2n) is 8.20. The standard InChI is InChI=1S/C25H31N3O2/c1-4-5-14-22-17-27(16-20-11-9-10-15-24(20)30-22)18-23-19(2)26(3)28(25(23)29)21-12-7-6-8-13-21/h6-13,15,22H,4-5,14,16-18H2,1-3H3/t22-/m0/s1. The highest BCUT2D eigenvalue weighted by Gasteiger charge is 2.25. The number of unbranched alkanes of at least 4 members (excludes halogenated alkanes) is 1. The molecule has 1 atom stereocenters. The number of aromatic nitrogens is 2. The molecule has 158 valence electrons. The first-order valence-corrected chi connectivity index (χ1v) is 10.9. The molecule has 0 saturated heterocycles. The fourth-order valence-corrected chi connectivity index (χ4v) is 4.29. The number of nitrogens with zero attached hydrogens (tertiary/aromatic N) is 3. The molecule has 0 fully saturated rings. The number of ether oxygens (including phenoxy) is 1. The molecule has 0 radical (unpaired) electrons. The molecule has 1 aliphatic heterocycles. The fourth-order valence-electron chi connectivity index (χ4n) is 4.29. The van der Waals surface area contributed by atoms with Gasteiger partial charge in [-0.05, 0) is 38.0 Å². The van der Waals surface area contributed by atoms with Crippen molar-refractivity contribution >= 4 is 0 Å². The molecule has 5 heteroatoms. The summed E-state index contributed by atoms with van der Waals surface area (Å²) in [4.78, 5) is 15.7. The molecule has 1 aliphatic rings. The number of rotatable bonds is 6. The van der Waals surface area contributed by atoms with Gasteiger partial charge in [-0.25, -0.2) is 4.68 Å². The Morgan fingerprint density at radius 3 is 2.57 bits per heavy atom. The van der Waals surface area contributed by atoms with Crippen LogP contribution in [0.1, 0.15) is 43.0 Å². The molecule has 2 aromatic carbocycles. The second kappa shape index (κ2) is 8.92. The predicted octanol–water partition coefficient (Wildman–Crippen LogP) is 4.44. The first-order chi connectivity index (χ1) is 14.6. The van der Waals surface area contributed by atoms with Gasteiger partial charge < -0.3 is 4.74 Å². The molecule has 0 bridgehead atoms. The fraction of sp³-hybridized carbons (Fsp3) is 0.400. The van der Waals surface area contributed by atoms with Gasteiger partial charge in [-0.1, -0.05) is 49.7 Å². The smallest absolute Gasteiger partial charge is 0.276 e. The molecule has 0 amide bonds. The van der Waals surface area contributed by atoms with Crippen molar-refractivity contribution in [2.75, 3.05) is 6.54 Å². The summed E-state index contributed by atoms with van der Waals surface area (Å²) in [7, 11) is 1.96. The van der Waals surface area contributed by atoms with E-state index in [0.717, 1.165) is 55.0 Å². The number of hydrogen-bond acceptors (Lipinski definition) is 3. The lowest BCUT2D eigenvalue weighted by Crippen LogP contribution is -2.34. The SMILES string of the molecule is CCCC[C@H]1CN(Cc2c(C)n(C)n(-c3ccccc3)c2=O)Cc2ccccc2O1. The Balaban J connectivity index is 1.65. The van der Waals surface area contributed by atoms with Gasteiger partial charge in [-0.15, -0.1) is 0 Å². The molecule has 30 heavy (non-hydrogen) atoms. The zero-order valence-electron chi connectivity index (χ0n) is 18.2. The van der Waals surface area contributed by atoms with Crippen LogP contribution in [0.3, 0.4) is 0 Å². The van der Waals surface area contributed by atoms with Crippen molar-refractivity contribution in [3.05, 3.63) is 81.8 Å². The van der Waals surface area contributed by atoms with Crippen LogP contribution in [-0.2, 0) is 20.1 Å². The third kappa shape index (κ3) is 4.08. The topological polar surface area (TPSA) is 39.4 Å².